The summed E-state index contributed by atoms with van der Waals surface area (Å²) in [5.74, 6) is 23.7. The van der Waals surface area contributed by atoms with Crippen molar-refractivity contribution in [3.05, 3.63) is 274 Å². The first kappa shape index (κ1) is 87.3. The van der Waals surface area contributed by atoms with Gasteiger partial charge in [0.2, 0.25) is 0 Å². The molecule has 12 aromatic rings. The van der Waals surface area contributed by atoms with Crippen LogP contribution in [0, 0.1) is 47.4 Å². The highest BCUT2D eigenvalue weighted by Crippen LogP contribution is 2.33. The van der Waals surface area contributed by atoms with E-state index < -0.39 is 23.9 Å². The molecule has 0 amide bonds. The molecule has 0 aliphatic rings. The van der Waals surface area contributed by atoms with Crippen LogP contribution in [0.3, 0.4) is 0 Å². The van der Waals surface area contributed by atoms with E-state index in [0.29, 0.717) is 81.7 Å². The Kier molecular flexibility index (Phi) is 33.8. The van der Waals surface area contributed by atoms with Crippen molar-refractivity contribution in [3.63, 3.8) is 0 Å². The van der Waals surface area contributed by atoms with Crippen LogP contribution in [0.4, 0.5) is 0 Å². The largest absolute Gasteiger partial charge is 0.462 e. The number of aromatic nitrogens is 8. The number of carbonyl (C=O) groups is 4. The summed E-state index contributed by atoms with van der Waals surface area (Å²) in [5, 5.41) is 0. The van der Waals surface area contributed by atoms with Gasteiger partial charge in [-0.3, -0.25) is 19.9 Å². The second kappa shape index (κ2) is 46.9. The summed E-state index contributed by atoms with van der Waals surface area (Å²) in [6, 6.07) is 56.4. The molecule has 121 heavy (non-hydrogen) atoms. The van der Waals surface area contributed by atoms with Crippen molar-refractivity contribution in [3.8, 4) is 115 Å². The lowest BCUT2D eigenvalue weighted by molar-refractivity contribution is 0.0482. The van der Waals surface area contributed by atoms with Crippen LogP contribution < -0.4 is 0 Å². The maximum atomic E-state index is 14.7. The molecule has 0 radical (unpaired) electrons. The molecule has 612 valence electrons. The molecule has 7 heterocycles. The summed E-state index contributed by atoms with van der Waals surface area (Å²) < 4.78 is 33.6. The highest BCUT2D eigenvalue weighted by Gasteiger charge is 2.24. The van der Waals surface area contributed by atoms with Crippen molar-refractivity contribution in [1.82, 2.24) is 38.7 Å². The van der Waals surface area contributed by atoms with Crippen LogP contribution in [-0.2, 0) is 18.9 Å². The number of esters is 4. The summed E-state index contributed by atoms with van der Waals surface area (Å²) in [5.41, 5.74) is 13.9. The first-order chi connectivity index (χ1) is 59.5. The van der Waals surface area contributed by atoms with Crippen molar-refractivity contribution >= 4 is 46.6 Å². The smallest absolute Gasteiger partial charge is 0.339 e. The Morgan fingerprint density at radius 3 is 0.785 bits per heavy atom. The predicted octanol–water partition coefficient (Wildman–Crippen LogP) is 23.7. The van der Waals surface area contributed by atoms with E-state index in [1.807, 2.05) is 146 Å². The summed E-state index contributed by atoms with van der Waals surface area (Å²) in [6.45, 7) is 9.47. The molecule has 0 aliphatic carbocycles. The molecule has 17 heteroatoms. The molecule has 12 rings (SSSR count). The fourth-order valence-electron chi connectivity index (χ4n) is 13.9. The number of carbonyl (C=O) groups excluding carboxylic acids is 4. The second-order valence-corrected chi connectivity index (χ2v) is 30.4. The summed E-state index contributed by atoms with van der Waals surface area (Å²) in [6.07, 6.45) is 30.8. The maximum absolute atomic E-state index is 14.7. The highest BCUT2D eigenvalue weighted by atomic mass is 32.1. The number of hydrogen-bond acceptors (Lipinski definition) is 17. The van der Waals surface area contributed by atoms with Crippen molar-refractivity contribution in [2.75, 3.05) is 26.4 Å². The number of fused-ring (bicyclic) bond motifs is 1. The average Bonchev–Trinajstić information content (AvgIpc) is 1.72. The molecule has 0 N–H and O–H groups in total. The Hall–Kier alpha value is -13.1. The zero-order valence-electron chi connectivity index (χ0n) is 69.7. The van der Waals surface area contributed by atoms with E-state index in [0.717, 1.165) is 185 Å². The summed E-state index contributed by atoms with van der Waals surface area (Å²) in [4.78, 5) is 86.8. The van der Waals surface area contributed by atoms with E-state index in [4.69, 9.17) is 37.7 Å². The van der Waals surface area contributed by atoms with Crippen LogP contribution in [0.15, 0.2) is 207 Å². The zero-order chi connectivity index (χ0) is 84.0. The molecule has 0 saturated heterocycles. The van der Waals surface area contributed by atoms with Crippen LogP contribution in [0.25, 0.3) is 78.8 Å². The Balaban J connectivity index is 0.894. The maximum Gasteiger partial charge on any atom is 0.339 e. The molecule has 0 bridgehead atoms. The third kappa shape index (κ3) is 25.7. The SMILES string of the molecule is CCCCCCCCOC(=O)c1cc(C#Cc2ccc(C#Cc3cc(C(=O)OCCCCCCCC)c(C#Cc4ccc(-c5cc(-c6ccccn6)nc(-c6ccccn6)c5)cc4)cc3C(=O)OCCCCCCCC)c3nsnc23)c(C(=O)OCCCCCCCC)cc1C#Cc1ccc(-c2cc(-c3ccccn3)nc(-c3ccccn3)c2)cc1. The van der Waals surface area contributed by atoms with Gasteiger partial charge in [0.15, 0.2) is 0 Å². The topological polar surface area (TPSA) is 208 Å². The molecular weight excluding hydrogens is 1520 g/mol. The first-order valence-electron chi connectivity index (χ1n) is 42.8. The zero-order valence-corrected chi connectivity index (χ0v) is 70.5. The minimum atomic E-state index is -0.615. The molecule has 0 unspecified atom stereocenters. The van der Waals surface area contributed by atoms with Gasteiger partial charge in [-0.15, -0.1) is 0 Å². The lowest BCUT2D eigenvalue weighted by Crippen LogP contribution is -2.13. The van der Waals surface area contributed by atoms with Crippen LogP contribution >= 0.6 is 11.7 Å². The lowest BCUT2D eigenvalue weighted by Gasteiger charge is -2.12. The number of benzene rings is 5. The van der Waals surface area contributed by atoms with Gasteiger partial charge in [-0.25, -0.2) is 29.1 Å². The Bertz CT molecular complexity index is 5270. The molecule has 16 nitrogen and oxygen atoms in total. The van der Waals surface area contributed by atoms with Crippen LogP contribution in [0.1, 0.15) is 268 Å². The number of pyridine rings is 6. The Morgan fingerprint density at radius 1 is 0.264 bits per heavy atom. The molecule has 0 aliphatic heterocycles. The molecule has 0 fully saturated rings. The number of unbranched alkanes of at least 4 members (excludes halogenated alkanes) is 20. The van der Waals surface area contributed by atoms with E-state index in [-0.39, 0.29) is 70.9 Å². The predicted molar refractivity (Wildman–Crippen MR) is 481 cm³/mol. The highest BCUT2D eigenvalue weighted by molar-refractivity contribution is 7.00. The summed E-state index contributed by atoms with van der Waals surface area (Å²) in [7, 11) is 0. The van der Waals surface area contributed by atoms with E-state index >= 15 is 0 Å². The van der Waals surface area contributed by atoms with Gasteiger partial charge < -0.3 is 18.9 Å². The average molecular weight is 1620 g/mol. The van der Waals surface area contributed by atoms with E-state index in [1.54, 1.807) is 61.2 Å². The number of hydrogen-bond donors (Lipinski definition) is 0. The van der Waals surface area contributed by atoms with Crippen LogP contribution in [-0.4, -0.2) is 89.0 Å². The van der Waals surface area contributed by atoms with E-state index in [9.17, 15) is 19.2 Å². The normalized spacial score (nSPS) is 10.8. The Labute approximate surface area is 716 Å². The Morgan fingerprint density at radius 2 is 0.521 bits per heavy atom. The van der Waals surface area contributed by atoms with Gasteiger partial charge in [-0.05, 0) is 181 Å². The molecule has 5 aromatic carbocycles. The van der Waals surface area contributed by atoms with Gasteiger partial charge in [0.25, 0.3) is 0 Å². The van der Waals surface area contributed by atoms with Gasteiger partial charge in [-0.1, -0.05) is 252 Å². The molecule has 0 saturated carbocycles. The van der Waals surface area contributed by atoms with Gasteiger partial charge >= 0.3 is 23.9 Å². The molecular formula is C104H102N8O8S. The number of nitrogens with zero attached hydrogens (tertiary/aromatic N) is 8. The van der Waals surface area contributed by atoms with E-state index in [2.05, 4.69) is 95.0 Å². The fourth-order valence-corrected chi connectivity index (χ4v) is 14.4. The van der Waals surface area contributed by atoms with Crippen molar-refractivity contribution < 1.29 is 38.1 Å². The van der Waals surface area contributed by atoms with Crippen LogP contribution in [0.2, 0.25) is 0 Å². The lowest BCUT2D eigenvalue weighted by atomic mass is 9.97. The van der Waals surface area contributed by atoms with Gasteiger partial charge in [0, 0.05) is 58.2 Å². The minimum absolute atomic E-state index is 0.123. The quantitative estimate of drug-likeness (QED) is 0.0152. The van der Waals surface area contributed by atoms with Crippen molar-refractivity contribution in [2.24, 2.45) is 0 Å². The molecule has 0 atom stereocenters. The number of ether oxygens (including phenoxy) is 4. The molecule has 7 aromatic heterocycles. The van der Waals surface area contributed by atoms with Gasteiger partial charge in [-0.2, -0.15) is 8.75 Å². The van der Waals surface area contributed by atoms with Crippen molar-refractivity contribution in [1.29, 1.82) is 0 Å². The van der Waals surface area contributed by atoms with Gasteiger partial charge in [0.1, 0.15) is 11.0 Å². The third-order valence-corrected chi connectivity index (χ3v) is 21.2. The monoisotopic (exact) mass is 1620 g/mol. The standard InChI is InChI=1S/C104H102N8O8S/c1-5-9-13-17-21-33-63-117-101(113)87-69-83(89(103(115)119-65-35-23-19-15-11-7-3)67-81(87)51-45-75-41-47-77(48-42-75)85-71-95(91-37-25-29-59-105-91)109-96(72-85)92-38-26-30-60-106-92)57-55-79-53-54-80(100-99(79)111-121-112-100)56-58-84-70-88(102(114)118-64-34-22-18-14-10-6-2)82(68-90(84)104(116)120-66-36-24-20-16-12-8-4)52-46-76-43-49-78(50-44-76)86-73-97(93-39-27-31-61-107-93)110-98(74-86)94-40-28-32-62-108-94/h25-32,37-44,47-50,53-54,59-62,67-74H,5-24,33-36,63-66H2,1-4H3. The fraction of sp³-hybridized carbons (Fsp3) is 0.308. The molecule has 0 spiro atoms. The number of rotatable bonds is 38. The summed E-state index contributed by atoms with van der Waals surface area (Å²) >= 11 is 0.975. The third-order valence-electron chi connectivity index (χ3n) is 20.7. The van der Waals surface area contributed by atoms with Crippen molar-refractivity contribution in [2.45, 2.75) is 182 Å². The van der Waals surface area contributed by atoms with Crippen LogP contribution in [0.5, 0.6) is 0 Å². The van der Waals surface area contributed by atoms with E-state index in [1.165, 1.54) is 0 Å². The first-order valence-corrected chi connectivity index (χ1v) is 43.6. The minimum Gasteiger partial charge on any atom is -0.462 e. The van der Waals surface area contributed by atoms with Gasteiger partial charge in [0.05, 0.1) is 117 Å². The second-order valence-electron chi connectivity index (χ2n) is 29.9.